The van der Waals surface area contributed by atoms with Crippen LogP contribution < -0.4 is 30.0 Å². The van der Waals surface area contributed by atoms with Gasteiger partial charge in [-0.2, -0.15) is 0 Å². The number of hydrogen-bond acceptors (Lipinski definition) is 9. The summed E-state index contributed by atoms with van der Waals surface area (Å²) in [5, 5.41) is 2.78. The van der Waals surface area contributed by atoms with Gasteiger partial charge in [0.05, 0.1) is 34.1 Å². The van der Waals surface area contributed by atoms with Gasteiger partial charge in [0, 0.05) is 5.56 Å². The topological polar surface area (TPSA) is 135 Å². The molecule has 0 saturated carbocycles. The van der Waals surface area contributed by atoms with E-state index in [-0.39, 0.29) is 12.3 Å². The smallest absolute Gasteiger partial charge is 0.319 e. The van der Waals surface area contributed by atoms with Crippen molar-refractivity contribution in [2.45, 2.75) is 40.2 Å². The number of hydrogen-bond donors (Lipinski definition) is 2. The first-order valence-electron chi connectivity index (χ1n) is 12.7. The molecule has 0 saturated heterocycles. The molecule has 2 atom stereocenters. The van der Waals surface area contributed by atoms with E-state index >= 15 is 0 Å². The maximum Gasteiger partial charge on any atom is 0.319 e. The lowest BCUT2D eigenvalue weighted by atomic mass is 9.92. The Morgan fingerprint density at radius 1 is 0.925 bits per heavy atom. The number of methoxy groups -OCH3 is 4. The Balaban J connectivity index is 2.41. The molecule has 10 heteroatoms. The van der Waals surface area contributed by atoms with E-state index in [0.717, 1.165) is 0 Å². The van der Waals surface area contributed by atoms with Crippen LogP contribution in [0.5, 0.6) is 23.0 Å². The van der Waals surface area contributed by atoms with E-state index in [1.54, 1.807) is 71.0 Å². The molecule has 0 bridgehead atoms. The number of nitrogens with one attached hydrogen (secondary N) is 1. The van der Waals surface area contributed by atoms with Crippen LogP contribution in [0.2, 0.25) is 0 Å². The van der Waals surface area contributed by atoms with Crippen LogP contribution in [0.1, 0.15) is 50.5 Å². The third kappa shape index (κ3) is 7.98. The normalized spacial score (nSPS) is 13.1. The largest absolute Gasteiger partial charge is 0.495 e. The minimum absolute atomic E-state index is 0.111. The van der Waals surface area contributed by atoms with Gasteiger partial charge in [-0.3, -0.25) is 14.4 Å². The van der Waals surface area contributed by atoms with Crippen LogP contribution >= 0.6 is 0 Å². The van der Waals surface area contributed by atoms with Crippen LogP contribution in [0.15, 0.2) is 35.9 Å². The molecule has 0 heterocycles. The fraction of sp³-hybridized carbons (Fsp3) is 0.433. The van der Waals surface area contributed by atoms with E-state index in [4.69, 9.17) is 29.4 Å². The summed E-state index contributed by atoms with van der Waals surface area (Å²) in [5.41, 5.74) is 6.74. The number of esters is 1. The molecule has 0 radical (unpaired) electrons. The summed E-state index contributed by atoms with van der Waals surface area (Å²) in [4.78, 5) is 39.4. The summed E-state index contributed by atoms with van der Waals surface area (Å²) in [6.07, 6.45) is 1.68. The average molecular weight is 557 g/mol. The number of rotatable bonds is 12. The second kappa shape index (κ2) is 13.8. The minimum Gasteiger partial charge on any atom is -0.495 e. The number of ketones is 1. The molecule has 10 nitrogen and oxygen atoms in total. The SMILES string of the molecule is COc1ccc(C=C(C)C(=O)c2cc(OC)c(OC)c(OC)c2)cc1NC(=O)C(C(=O)OC(C)(C)C)C(C)CN. The van der Waals surface area contributed by atoms with Crippen LogP contribution in [0.4, 0.5) is 5.69 Å². The van der Waals surface area contributed by atoms with Gasteiger partial charge in [-0.1, -0.05) is 13.0 Å². The average Bonchev–Trinajstić information content (AvgIpc) is 2.90. The molecular weight excluding hydrogens is 516 g/mol. The summed E-state index contributed by atoms with van der Waals surface area (Å²) >= 11 is 0. The maximum absolute atomic E-state index is 13.3. The Hall–Kier alpha value is -4.05. The minimum atomic E-state index is -1.13. The summed E-state index contributed by atoms with van der Waals surface area (Å²) in [6, 6.07) is 8.22. The van der Waals surface area contributed by atoms with Crippen molar-refractivity contribution in [3.8, 4) is 23.0 Å². The molecule has 0 aromatic heterocycles. The maximum atomic E-state index is 13.3. The predicted octanol–water partition coefficient (Wildman–Crippen LogP) is 4.50. The van der Waals surface area contributed by atoms with Gasteiger partial charge in [-0.15, -0.1) is 0 Å². The van der Waals surface area contributed by atoms with Crippen molar-refractivity contribution >= 4 is 29.4 Å². The summed E-state index contributed by atoms with van der Waals surface area (Å²) in [7, 11) is 5.90. The standard InChI is InChI=1S/C30H40N2O8/c1-17(26(33)20-14-23(37-7)27(39-9)24(15-20)38-8)12-19-10-11-22(36-6)21(13-19)32-28(34)25(18(2)16-31)29(35)40-30(3,4)5/h10-15,18,25H,16,31H2,1-9H3,(H,32,34). The molecule has 2 aromatic rings. The van der Waals surface area contributed by atoms with Crippen molar-refractivity contribution in [2.75, 3.05) is 40.3 Å². The van der Waals surface area contributed by atoms with Crippen LogP contribution in [0.25, 0.3) is 6.08 Å². The van der Waals surface area contributed by atoms with Gasteiger partial charge in [-0.05, 0) is 81.6 Å². The van der Waals surface area contributed by atoms with Crippen LogP contribution in [0.3, 0.4) is 0 Å². The quantitative estimate of drug-likeness (QED) is 0.168. The lowest BCUT2D eigenvalue weighted by Crippen LogP contribution is -2.41. The van der Waals surface area contributed by atoms with E-state index in [1.165, 1.54) is 28.4 Å². The van der Waals surface area contributed by atoms with Crippen molar-refractivity contribution in [2.24, 2.45) is 17.6 Å². The number of amides is 1. The van der Waals surface area contributed by atoms with Crippen molar-refractivity contribution in [1.29, 1.82) is 0 Å². The molecule has 2 unspecified atom stereocenters. The Kier molecular flexibility index (Phi) is 11.1. The monoisotopic (exact) mass is 556 g/mol. The summed E-state index contributed by atoms with van der Waals surface area (Å²) in [6.45, 7) is 8.69. The second-order valence-electron chi connectivity index (χ2n) is 10.2. The third-order valence-corrected chi connectivity index (χ3v) is 6.03. The fourth-order valence-corrected chi connectivity index (χ4v) is 3.98. The number of carbonyl (C=O) groups is 3. The lowest BCUT2D eigenvalue weighted by Gasteiger charge is -2.26. The van der Waals surface area contributed by atoms with Gasteiger partial charge in [-0.25, -0.2) is 0 Å². The van der Waals surface area contributed by atoms with E-state index < -0.39 is 29.3 Å². The zero-order chi connectivity index (χ0) is 30.2. The van der Waals surface area contributed by atoms with Crippen molar-refractivity contribution in [3.05, 3.63) is 47.0 Å². The predicted molar refractivity (Wildman–Crippen MR) is 153 cm³/mol. The number of nitrogens with two attached hydrogens (primary N) is 1. The van der Waals surface area contributed by atoms with Crippen LogP contribution in [-0.2, 0) is 14.3 Å². The molecule has 1 amide bonds. The van der Waals surface area contributed by atoms with Crippen LogP contribution in [0, 0.1) is 11.8 Å². The molecule has 218 valence electrons. The van der Waals surface area contributed by atoms with Gasteiger partial charge in [0.15, 0.2) is 17.3 Å². The second-order valence-corrected chi connectivity index (χ2v) is 10.2. The fourth-order valence-electron chi connectivity index (χ4n) is 3.98. The Morgan fingerprint density at radius 2 is 1.50 bits per heavy atom. The molecule has 0 fully saturated rings. The molecule has 0 aliphatic carbocycles. The van der Waals surface area contributed by atoms with E-state index in [0.29, 0.717) is 45.4 Å². The Morgan fingerprint density at radius 3 is 1.98 bits per heavy atom. The molecule has 40 heavy (non-hydrogen) atoms. The number of benzene rings is 2. The van der Waals surface area contributed by atoms with Gasteiger partial charge in [0.25, 0.3) is 0 Å². The third-order valence-electron chi connectivity index (χ3n) is 6.03. The Labute approximate surface area is 235 Å². The van der Waals surface area contributed by atoms with Crippen molar-refractivity contribution in [1.82, 2.24) is 0 Å². The molecular formula is C30H40N2O8. The first-order valence-corrected chi connectivity index (χ1v) is 12.7. The highest BCUT2D eigenvalue weighted by molar-refractivity contribution is 6.11. The summed E-state index contributed by atoms with van der Waals surface area (Å²) in [5.74, 6) is -1.62. The highest BCUT2D eigenvalue weighted by Crippen LogP contribution is 2.39. The Bertz CT molecular complexity index is 1240. The number of anilines is 1. The number of carbonyl (C=O) groups excluding carboxylic acids is 3. The van der Waals surface area contributed by atoms with Gasteiger partial charge >= 0.3 is 5.97 Å². The van der Waals surface area contributed by atoms with Gasteiger partial charge in [0.2, 0.25) is 11.7 Å². The number of allylic oxidation sites excluding steroid dienone is 1. The zero-order valence-corrected chi connectivity index (χ0v) is 24.7. The highest BCUT2D eigenvalue weighted by atomic mass is 16.6. The first kappa shape index (κ1) is 32.2. The highest BCUT2D eigenvalue weighted by Gasteiger charge is 2.35. The molecule has 0 aliphatic rings. The molecule has 0 spiro atoms. The first-order chi connectivity index (χ1) is 18.8. The number of ether oxygens (including phenoxy) is 5. The van der Waals surface area contributed by atoms with Crippen LogP contribution in [-0.4, -0.2) is 58.2 Å². The van der Waals surface area contributed by atoms with E-state index in [2.05, 4.69) is 5.32 Å². The van der Waals surface area contributed by atoms with Gasteiger partial charge < -0.3 is 34.7 Å². The lowest BCUT2D eigenvalue weighted by molar-refractivity contribution is -0.163. The zero-order valence-electron chi connectivity index (χ0n) is 24.7. The van der Waals surface area contributed by atoms with Gasteiger partial charge in [0.1, 0.15) is 17.3 Å². The van der Waals surface area contributed by atoms with E-state index in [9.17, 15) is 14.4 Å². The molecule has 2 aromatic carbocycles. The molecule has 3 N–H and O–H groups in total. The number of Topliss-reactive ketones (excluding diaryl/α,β-unsaturated/α-hetero) is 1. The van der Waals surface area contributed by atoms with E-state index in [1.807, 2.05) is 0 Å². The van der Waals surface area contributed by atoms with Crippen molar-refractivity contribution < 1.29 is 38.1 Å². The molecule has 0 aliphatic heterocycles. The molecule has 2 rings (SSSR count). The summed E-state index contributed by atoms with van der Waals surface area (Å²) < 4.78 is 26.9. The van der Waals surface area contributed by atoms with Crippen molar-refractivity contribution in [3.63, 3.8) is 0 Å².